The molecular weight excluding hydrogens is 289 g/mol. The third-order valence-electron chi connectivity index (χ3n) is 5.38. The highest BCUT2D eigenvalue weighted by Crippen LogP contribution is 2.36. The van der Waals surface area contributed by atoms with Crippen molar-refractivity contribution in [2.24, 2.45) is 5.92 Å². The lowest BCUT2D eigenvalue weighted by molar-refractivity contribution is 0.00578. The van der Waals surface area contributed by atoms with Crippen LogP contribution in [-0.4, -0.2) is 42.2 Å². The second kappa shape index (κ2) is 5.35. The third kappa shape index (κ3) is 2.81. The molecule has 1 aromatic carbocycles. The van der Waals surface area contributed by atoms with Gasteiger partial charge in [0.05, 0.1) is 11.2 Å². The van der Waals surface area contributed by atoms with Gasteiger partial charge in [-0.05, 0) is 58.1 Å². The number of carbonyl (C=O) groups excluding carboxylic acids is 1. The van der Waals surface area contributed by atoms with Crippen LogP contribution in [-0.2, 0) is 9.31 Å². The van der Waals surface area contributed by atoms with E-state index in [-0.39, 0.29) is 17.1 Å². The molecule has 23 heavy (non-hydrogen) atoms. The number of likely N-dealkylation sites (tertiary alicyclic amines) is 1. The lowest BCUT2D eigenvalue weighted by Gasteiger charge is -2.37. The highest BCUT2D eigenvalue weighted by atomic mass is 16.7. The number of hydrogen-bond acceptors (Lipinski definition) is 3. The van der Waals surface area contributed by atoms with Gasteiger partial charge in [0.25, 0.3) is 5.91 Å². The van der Waals surface area contributed by atoms with Gasteiger partial charge in [0.15, 0.2) is 0 Å². The van der Waals surface area contributed by atoms with Crippen LogP contribution in [0, 0.1) is 12.8 Å². The molecule has 4 nitrogen and oxygen atoms in total. The predicted octanol–water partition coefficient (Wildman–Crippen LogP) is 2.39. The third-order valence-corrected chi connectivity index (χ3v) is 5.38. The van der Waals surface area contributed by atoms with Crippen molar-refractivity contribution < 1.29 is 14.1 Å². The molecule has 2 fully saturated rings. The molecule has 0 unspecified atom stereocenters. The quantitative estimate of drug-likeness (QED) is 0.787. The summed E-state index contributed by atoms with van der Waals surface area (Å²) in [5, 5.41) is 0. The van der Waals surface area contributed by atoms with Crippen molar-refractivity contribution in [3.05, 3.63) is 29.3 Å². The van der Waals surface area contributed by atoms with E-state index in [1.807, 2.05) is 57.7 Å². The summed E-state index contributed by atoms with van der Waals surface area (Å²) in [6, 6.07) is 5.81. The summed E-state index contributed by atoms with van der Waals surface area (Å²) in [4.78, 5) is 14.4. The van der Waals surface area contributed by atoms with E-state index in [9.17, 15) is 4.79 Å². The molecule has 0 bridgehead atoms. The Morgan fingerprint density at radius 2 is 1.74 bits per heavy atom. The van der Waals surface area contributed by atoms with Gasteiger partial charge in [0.1, 0.15) is 0 Å². The average Bonchev–Trinajstić information content (AvgIpc) is 2.63. The molecule has 0 aromatic heterocycles. The van der Waals surface area contributed by atoms with Crippen LogP contribution in [0.25, 0.3) is 0 Å². The van der Waals surface area contributed by atoms with E-state index in [1.165, 1.54) is 0 Å². The van der Waals surface area contributed by atoms with Crippen LogP contribution >= 0.6 is 0 Å². The summed E-state index contributed by atoms with van der Waals surface area (Å²) >= 11 is 0. The first-order valence-electron chi connectivity index (χ1n) is 8.36. The zero-order valence-corrected chi connectivity index (χ0v) is 15.0. The Hall–Kier alpha value is -1.33. The molecule has 3 rings (SSSR count). The molecular formula is C18H26BNO3. The summed E-state index contributed by atoms with van der Waals surface area (Å²) in [7, 11) is -0.428. The molecule has 1 aromatic rings. The van der Waals surface area contributed by atoms with E-state index in [1.54, 1.807) is 0 Å². The molecule has 2 aliphatic heterocycles. The first-order chi connectivity index (χ1) is 10.6. The Balaban J connectivity index is 1.86. The topological polar surface area (TPSA) is 38.8 Å². The standard InChI is InChI=1S/C18H26BNO3/c1-12-10-20(11-12)16(21)14-8-7-13(2)15(9-14)19-22-17(3,4)18(5,6)23-19/h7-9,12H,10-11H2,1-6H3. The fraction of sp³-hybridized carbons (Fsp3) is 0.611. The number of aryl methyl sites for hydroxylation is 1. The van der Waals surface area contributed by atoms with Gasteiger partial charge in [0, 0.05) is 18.7 Å². The SMILES string of the molecule is Cc1ccc(C(=O)N2CC(C)C2)cc1B1OC(C)(C)C(C)(C)O1. The highest BCUT2D eigenvalue weighted by Gasteiger charge is 2.52. The molecule has 2 heterocycles. The minimum atomic E-state index is -0.428. The van der Waals surface area contributed by atoms with Crippen molar-refractivity contribution >= 4 is 18.5 Å². The monoisotopic (exact) mass is 315 g/mol. The minimum Gasteiger partial charge on any atom is -0.399 e. The van der Waals surface area contributed by atoms with Crippen LogP contribution in [0.15, 0.2) is 18.2 Å². The molecule has 0 atom stereocenters. The van der Waals surface area contributed by atoms with Gasteiger partial charge in [-0.1, -0.05) is 18.6 Å². The van der Waals surface area contributed by atoms with Crippen LogP contribution in [0.2, 0.25) is 0 Å². The minimum absolute atomic E-state index is 0.0980. The van der Waals surface area contributed by atoms with Crippen LogP contribution in [0.4, 0.5) is 0 Å². The summed E-state index contributed by atoms with van der Waals surface area (Å²) < 4.78 is 12.3. The van der Waals surface area contributed by atoms with Crippen LogP contribution in [0.5, 0.6) is 0 Å². The van der Waals surface area contributed by atoms with Crippen LogP contribution < -0.4 is 5.46 Å². The Bertz CT molecular complexity index is 619. The second-order valence-corrected chi connectivity index (χ2v) is 7.97. The lowest BCUT2D eigenvalue weighted by atomic mass is 9.75. The van der Waals surface area contributed by atoms with Gasteiger partial charge in [0.2, 0.25) is 0 Å². The van der Waals surface area contributed by atoms with Crippen LogP contribution in [0.3, 0.4) is 0 Å². The van der Waals surface area contributed by atoms with Gasteiger partial charge in [-0.3, -0.25) is 4.79 Å². The number of carbonyl (C=O) groups is 1. The summed E-state index contributed by atoms with van der Waals surface area (Å²) in [6.45, 7) is 14.0. The van der Waals surface area contributed by atoms with Crippen LogP contribution in [0.1, 0.15) is 50.5 Å². The molecule has 2 aliphatic rings. The van der Waals surface area contributed by atoms with E-state index in [2.05, 4.69) is 6.92 Å². The van der Waals surface area contributed by atoms with Crippen molar-refractivity contribution in [1.29, 1.82) is 0 Å². The van der Waals surface area contributed by atoms with Crippen molar-refractivity contribution in [3.8, 4) is 0 Å². The van der Waals surface area contributed by atoms with Gasteiger partial charge in [-0.15, -0.1) is 0 Å². The number of rotatable bonds is 2. The zero-order chi connectivity index (χ0) is 17.0. The van der Waals surface area contributed by atoms with Crippen molar-refractivity contribution in [3.63, 3.8) is 0 Å². The van der Waals surface area contributed by atoms with E-state index in [0.717, 1.165) is 24.1 Å². The molecule has 0 radical (unpaired) electrons. The Kier molecular flexibility index (Phi) is 3.85. The number of hydrogen-bond donors (Lipinski definition) is 0. The molecule has 0 spiro atoms. The van der Waals surface area contributed by atoms with Crippen molar-refractivity contribution in [2.75, 3.05) is 13.1 Å². The maximum absolute atomic E-state index is 12.5. The molecule has 0 N–H and O–H groups in total. The number of benzene rings is 1. The van der Waals surface area contributed by atoms with Gasteiger partial charge >= 0.3 is 7.12 Å². The zero-order valence-electron chi connectivity index (χ0n) is 15.0. The maximum Gasteiger partial charge on any atom is 0.495 e. The highest BCUT2D eigenvalue weighted by molar-refractivity contribution is 6.62. The first kappa shape index (κ1) is 16.5. The average molecular weight is 315 g/mol. The predicted molar refractivity (Wildman–Crippen MR) is 92.0 cm³/mol. The fourth-order valence-electron chi connectivity index (χ4n) is 3.04. The van der Waals surface area contributed by atoms with Gasteiger partial charge in [-0.25, -0.2) is 0 Å². The molecule has 2 saturated heterocycles. The molecule has 0 saturated carbocycles. The smallest absolute Gasteiger partial charge is 0.399 e. The Morgan fingerprint density at radius 1 is 1.17 bits per heavy atom. The van der Waals surface area contributed by atoms with Crippen molar-refractivity contribution in [1.82, 2.24) is 4.90 Å². The van der Waals surface area contributed by atoms with E-state index in [4.69, 9.17) is 9.31 Å². The molecule has 124 valence electrons. The molecule has 1 amide bonds. The molecule has 5 heteroatoms. The Labute approximate surface area is 139 Å². The van der Waals surface area contributed by atoms with Gasteiger partial charge in [-0.2, -0.15) is 0 Å². The van der Waals surface area contributed by atoms with E-state index in [0.29, 0.717) is 11.5 Å². The first-order valence-corrected chi connectivity index (χ1v) is 8.36. The van der Waals surface area contributed by atoms with Gasteiger partial charge < -0.3 is 14.2 Å². The lowest BCUT2D eigenvalue weighted by Crippen LogP contribution is -2.49. The summed E-state index contributed by atoms with van der Waals surface area (Å²) in [5.41, 5.74) is 1.99. The Morgan fingerprint density at radius 3 is 2.26 bits per heavy atom. The second-order valence-electron chi connectivity index (χ2n) is 7.97. The fourth-order valence-corrected chi connectivity index (χ4v) is 3.04. The van der Waals surface area contributed by atoms with E-state index < -0.39 is 7.12 Å². The number of nitrogens with zero attached hydrogens (tertiary/aromatic N) is 1. The summed E-state index contributed by atoms with van der Waals surface area (Å²) in [6.07, 6.45) is 0. The molecule has 0 aliphatic carbocycles. The largest absolute Gasteiger partial charge is 0.495 e. The normalized spacial score (nSPS) is 23.0. The maximum atomic E-state index is 12.5. The van der Waals surface area contributed by atoms with Crippen molar-refractivity contribution in [2.45, 2.75) is 52.7 Å². The van der Waals surface area contributed by atoms with E-state index >= 15 is 0 Å². The number of amides is 1. The summed E-state index contributed by atoms with van der Waals surface area (Å²) in [5.74, 6) is 0.702.